The van der Waals surface area contributed by atoms with Crippen molar-refractivity contribution in [3.05, 3.63) is 65.2 Å². The highest BCUT2D eigenvalue weighted by atomic mass is 16.2. The zero-order valence-corrected chi connectivity index (χ0v) is 15.1. The minimum atomic E-state index is -0.141. The van der Waals surface area contributed by atoms with Crippen molar-refractivity contribution in [3.63, 3.8) is 0 Å². The van der Waals surface area contributed by atoms with E-state index in [-0.39, 0.29) is 11.8 Å². The summed E-state index contributed by atoms with van der Waals surface area (Å²) < 4.78 is 0. The fourth-order valence-electron chi connectivity index (χ4n) is 2.38. The number of aryl methyl sites for hydroxylation is 1. The first kappa shape index (κ1) is 18.7. The Hall–Kier alpha value is -2.62. The Labute approximate surface area is 149 Å². The Bertz CT molecular complexity index is 721. The number of carbonyl (C=O) groups is 2. The number of hydrogen-bond donors (Lipinski definition) is 2. The van der Waals surface area contributed by atoms with Crippen LogP contribution < -0.4 is 10.6 Å². The lowest BCUT2D eigenvalue weighted by molar-refractivity contribution is -0.121. The fraction of sp³-hybridized carbons (Fsp3) is 0.333. The quantitative estimate of drug-likeness (QED) is 0.791. The van der Waals surface area contributed by atoms with Gasteiger partial charge in [0.25, 0.3) is 5.91 Å². The maximum atomic E-state index is 12.3. The molecule has 0 bridgehead atoms. The number of nitrogens with one attached hydrogen (secondary N) is 2. The van der Waals surface area contributed by atoms with Gasteiger partial charge in [-0.1, -0.05) is 43.7 Å². The molecule has 25 heavy (non-hydrogen) atoms. The van der Waals surface area contributed by atoms with E-state index < -0.39 is 0 Å². The molecule has 0 spiro atoms. The Morgan fingerprint density at radius 1 is 1.04 bits per heavy atom. The molecular formula is C21H26N2O2. The second kappa shape index (κ2) is 9.02. The summed E-state index contributed by atoms with van der Waals surface area (Å²) in [5.74, 6) is 0.437. The van der Waals surface area contributed by atoms with Crippen LogP contribution in [-0.2, 0) is 11.3 Å². The van der Waals surface area contributed by atoms with Crippen molar-refractivity contribution < 1.29 is 9.59 Å². The minimum Gasteiger partial charge on any atom is -0.352 e. The van der Waals surface area contributed by atoms with Gasteiger partial charge in [0.05, 0.1) is 0 Å². The third-order valence-corrected chi connectivity index (χ3v) is 3.94. The van der Waals surface area contributed by atoms with Gasteiger partial charge in [-0.3, -0.25) is 9.59 Å². The topological polar surface area (TPSA) is 58.2 Å². The van der Waals surface area contributed by atoms with Crippen LogP contribution in [0.3, 0.4) is 0 Å². The van der Waals surface area contributed by atoms with Crippen LogP contribution in [0.5, 0.6) is 0 Å². The molecule has 0 aliphatic rings. The van der Waals surface area contributed by atoms with E-state index in [0.29, 0.717) is 24.4 Å². The molecule has 0 unspecified atom stereocenters. The van der Waals surface area contributed by atoms with Gasteiger partial charge in [0.1, 0.15) is 0 Å². The predicted molar refractivity (Wildman–Crippen MR) is 101 cm³/mol. The molecule has 0 atom stereocenters. The molecule has 4 nitrogen and oxygen atoms in total. The lowest BCUT2D eigenvalue weighted by atomic mass is 10.1. The number of hydrogen-bond acceptors (Lipinski definition) is 2. The van der Waals surface area contributed by atoms with Gasteiger partial charge in [0.2, 0.25) is 5.91 Å². The van der Waals surface area contributed by atoms with Crippen molar-refractivity contribution in [2.45, 2.75) is 40.2 Å². The van der Waals surface area contributed by atoms with Crippen molar-refractivity contribution in [1.82, 2.24) is 5.32 Å². The maximum absolute atomic E-state index is 12.3. The van der Waals surface area contributed by atoms with Crippen molar-refractivity contribution in [3.8, 4) is 0 Å². The van der Waals surface area contributed by atoms with Crippen LogP contribution in [0, 0.1) is 12.8 Å². The normalized spacial score (nSPS) is 10.6. The monoisotopic (exact) mass is 338 g/mol. The summed E-state index contributed by atoms with van der Waals surface area (Å²) in [4.78, 5) is 24.1. The largest absolute Gasteiger partial charge is 0.352 e. The highest BCUT2D eigenvalue weighted by Crippen LogP contribution is 2.13. The lowest BCUT2D eigenvalue weighted by Crippen LogP contribution is -2.23. The van der Waals surface area contributed by atoms with Gasteiger partial charge in [-0.15, -0.1) is 0 Å². The van der Waals surface area contributed by atoms with E-state index in [1.165, 1.54) is 0 Å². The molecular weight excluding hydrogens is 312 g/mol. The van der Waals surface area contributed by atoms with Crippen molar-refractivity contribution in [2.75, 3.05) is 5.32 Å². The van der Waals surface area contributed by atoms with Crippen LogP contribution in [0.2, 0.25) is 0 Å². The van der Waals surface area contributed by atoms with Crippen LogP contribution in [0.25, 0.3) is 0 Å². The van der Waals surface area contributed by atoms with E-state index in [2.05, 4.69) is 24.5 Å². The van der Waals surface area contributed by atoms with Crippen LogP contribution in [0.4, 0.5) is 5.69 Å². The van der Waals surface area contributed by atoms with E-state index in [0.717, 1.165) is 23.2 Å². The van der Waals surface area contributed by atoms with Gasteiger partial charge in [0.15, 0.2) is 0 Å². The molecule has 2 N–H and O–H groups in total. The number of amides is 2. The Balaban J connectivity index is 1.91. The minimum absolute atomic E-state index is 0.0581. The zero-order chi connectivity index (χ0) is 18.2. The van der Waals surface area contributed by atoms with Crippen molar-refractivity contribution in [2.24, 2.45) is 5.92 Å². The summed E-state index contributed by atoms with van der Waals surface area (Å²) in [6, 6.07) is 15.0. The molecule has 0 saturated carbocycles. The molecule has 2 aromatic rings. The summed E-state index contributed by atoms with van der Waals surface area (Å²) in [6.45, 7) is 6.66. The number of rotatable bonds is 7. The van der Waals surface area contributed by atoms with Crippen LogP contribution in [0.1, 0.15) is 48.2 Å². The molecule has 0 saturated heterocycles. The molecule has 0 aliphatic carbocycles. The highest BCUT2D eigenvalue weighted by molar-refractivity contribution is 6.04. The van der Waals surface area contributed by atoms with Gasteiger partial charge in [-0.05, 0) is 49.1 Å². The number of anilines is 1. The van der Waals surface area contributed by atoms with Gasteiger partial charge < -0.3 is 10.6 Å². The summed E-state index contributed by atoms with van der Waals surface area (Å²) in [7, 11) is 0. The second-order valence-electron chi connectivity index (χ2n) is 6.73. The standard InChI is InChI=1S/C21H26N2O2/c1-15(2)7-12-20(24)22-14-17-5-4-6-19(13-17)23-21(25)18-10-8-16(3)9-11-18/h4-6,8-11,13,15H,7,12,14H2,1-3H3,(H,22,24)(H,23,25). The first-order chi connectivity index (χ1) is 11.9. The van der Waals surface area contributed by atoms with Gasteiger partial charge in [-0.2, -0.15) is 0 Å². The molecule has 2 amide bonds. The summed E-state index contributed by atoms with van der Waals surface area (Å²) in [5, 5.41) is 5.82. The Morgan fingerprint density at radius 2 is 1.76 bits per heavy atom. The van der Waals surface area contributed by atoms with Gasteiger partial charge in [0, 0.05) is 24.2 Å². The first-order valence-electron chi connectivity index (χ1n) is 8.67. The number of benzene rings is 2. The summed E-state index contributed by atoms with van der Waals surface area (Å²) >= 11 is 0. The Morgan fingerprint density at radius 3 is 2.44 bits per heavy atom. The summed E-state index contributed by atoms with van der Waals surface area (Å²) in [6.07, 6.45) is 1.43. The van der Waals surface area contributed by atoms with Gasteiger partial charge >= 0.3 is 0 Å². The van der Waals surface area contributed by atoms with Gasteiger partial charge in [-0.25, -0.2) is 0 Å². The van der Waals surface area contributed by atoms with Crippen molar-refractivity contribution in [1.29, 1.82) is 0 Å². The molecule has 0 aliphatic heterocycles. The molecule has 132 valence electrons. The lowest BCUT2D eigenvalue weighted by Gasteiger charge is -2.09. The SMILES string of the molecule is Cc1ccc(C(=O)Nc2cccc(CNC(=O)CCC(C)C)c2)cc1. The van der Waals surface area contributed by atoms with E-state index in [1.54, 1.807) is 0 Å². The third kappa shape index (κ3) is 6.42. The average molecular weight is 338 g/mol. The maximum Gasteiger partial charge on any atom is 0.255 e. The molecule has 0 aromatic heterocycles. The smallest absolute Gasteiger partial charge is 0.255 e. The molecule has 0 fully saturated rings. The van der Waals surface area contributed by atoms with E-state index in [4.69, 9.17) is 0 Å². The third-order valence-electron chi connectivity index (χ3n) is 3.94. The summed E-state index contributed by atoms with van der Waals surface area (Å²) in [5.41, 5.74) is 3.42. The number of carbonyl (C=O) groups excluding carboxylic acids is 2. The van der Waals surface area contributed by atoms with E-state index in [1.807, 2.05) is 55.5 Å². The Kier molecular flexibility index (Phi) is 6.75. The predicted octanol–water partition coefficient (Wildman–Crippen LogP) is 4.30. The van der Waals surface area contributed by atoms with Crippen molar-refractivity contribution >= 4 is 17.5 Å². The molecule has 2 aromatic carbocycles. The fourth-order valence-corrected chi connectivity index (χ4v) is 2.38. The molecule has 0 heterocycles. The second-order valence-corrected chi connectivity index (χ2v) is 6.73. The average Bonchev–Trinajstić information content (AvgIpc) is 2.59. The van der Waals surface area contributed by atoms with Crippen LogP contribution >= 0.6 is 0 Å². The first-order valence-corrected chi connectivity index (χ1v) is 8.67. The zero-order valence-electron chi connectivity index (χ0n) is 15.1. The van der Waals surface area contributed by atoms with E-state index in [9.17, 15) is 9.59 Å². The molecule has 4 heteroatoms. The highest BCUT2D eigenvalue weighted by Gasteiger charge is 2.07. The molecule has 2 rings (SSSR count). The van der Waals surface area contributed by atoms with Crippen LogP contribution in [-0.4, -0.2) is 11.8 Å². The van der Waals surface area contributed by atoms with E-state index >= 15 is 0 Å². The molecule has 0 radical (unpaired) electrons. The van der Waals surface area contributed by atoms with Crippen LogP contribution in [0.15, 0.2) is 48.5 Å².